The Balaban J connectivity index is 2.27. The molecule has 10 heteroatoms. The lowest BCUT2D eigenvalue weighted by atomic mass is 10.3. The number of aromatic nitrogens is 2. The first-order chi connectivity index (χ1) is 9.32. The van der Waals surface area contributed by atoms with Gasteiger partial charge < -0.3 is 26.5 Å². The fourth-order valence-corrected chi connectivity index (χ4v) is 2.73. The minimum atomic E-state index is -3.30. The van der Waals surface area contributed by atoms with E-state index in [1.165, 1.54) is 17.0 Å². The summed E-state index contributed by atoms with van der Waals surface area (Å²) in [4.78, 5) is 14.4. The molecule has 0 aliphatic rings. The Labute approximate surface area is 117 Å². The number of hydrogen-bond donors (Lipinski definition) is 3. The van der Waals surface area contributed by atoms with Crippen LogP contribution in [-0.2, 0) is 25.2 Å². The second-order valence-electron chi connectivity index (χ2n) is 4.27. The molecule has 1 aromatic heterocycles. The van der Waals surface area contributed by atoms with E-state index in [1.807, 2.05) is 0 Å². The van der Waals surface area contributed by atoms with Crippen molar-refractivity contribution >= 4 is 21.7 Å². The second-order valence-corrected chi connectivity index (χ2v) is 6.42. The van der Waals surface area contributed by atoms with Gasteiger partial charge in [0.05, 0.1) is 12.4 Å². The summed E-state index contributed by atoms with van der Waals surface area (Å²) in [6.45, 7) is 0.156. The van der Waals surface area contributed by atoms with E-state index in [0.29, 0.717) is 6.42 Å². The lowest BCUT2D eigenvalue weighted by Gasteiger charge is -2.09. The van der Waals surface area contributed by atoms with E-state index in [0.717, 1.165) is 0 Å². The number of carbonyl (C=O) groups excluding carboxylic acids is 1. The summed E-state index contributed by atoms with van der Waals surface area (Å²) in [5, 5.41) is 0. The maximum atomic E-state index is 11.8. The van der Waals surface area contributed by atoms with Crippen LogP contribution in [0.25, 0.3) is 0 Å². The second kappa shape index (κ2) is 7.22. The van der Waals surface area contributed by atoms with Gasteiger partial charge in [-0.1, -0.05) is 0 Å². The summed E-state index contributed by atoms with van der Waals surface area (Å²) in [5.74, 6) is -0.791. The number of primary amides is 1. The van der Waals surface area contributed by atoms with Crippen LogP contribution < -0.4 is 17.2 Å². The Morgan fingerprint density at radius 1 is 1.50 bits per heavy atom. The minimum Gasteiger partial charge on any atom is -0.379 e. The monoisotopic (exact) mass is 305 g/mol. The number of hydrogen-bond acceptors (Lipinski definition) is 7. The largest absolute Gasteiger partial charge is 0.379 e. The molecule has 0 aliphatic heterocycles. The molecule has 1 aromatic rings. The number of imidazole rings is 1. The highest BCUT2D eigenvalue weighted by molar-refractivity contribution is 7.90. The molecule has 1 heterocycles. The number of amides is 1. The highest BCUT2D eigenvalue weighted by Crippen LogP contribution is 2.04. The summed E-state index contributed by atoms with van der Waals surface area (Å²) < 4.78 is 30.0. The van der Waals surface area contributed by atoms with E-state index >= 15 is 0 Å². The van der Waals surface area contributed by atoms with E-state index < -0.39 is 21.8 Å². The molecule has 0 aromatic carbocycles. The number of sulfone groups is 1. The van der Waals surface area contributed by atoms with Crippen LogP contribution in [0.5, 0.6) is 0 Å². The number of rotatable bonds is 9. The Bertz CT molecular complexity index is 542. The van der Waals surface area contributed by atoms with Gasteiger partial charge in [-0.3, -0.25) is 4.79 Å². The van der Waals surface area contributed by atoms with E-state index in [4.69, 9.17) is 21.9 Å². The Morgan fingerprint density at radius 3 is 2.75 bits per heavy atom. The molecule has 0 saturated carbocycles. The zero-order valence-electron chi connectivity index (χ0n) is 10.9. The first kappa shape index (κ1) is 16.4. The average Bonchev–Trinajstić information content (AvgIpc) is 2.73. The molecular formula is C10H19N5O4S. The van der Waals surface area contributed by atoms with Gasteiger partial charge in [-0.15, -0.1) is 0 Å². The van der Waals surface area contributed by atoms with Gasteiger partial charge in [0.15, 0.2) is 9.84 Å². The smallest absolute Gasteiger partial charge is 0.236 e. The topological polar surface area (TPSA) is 156 Å². The number of nitrogens with two attached hydrogens (primary N) is 3. The molecule has 0 saturated heterocycles. The SMILES string of the molecule is NC(=O)[C@@H](N)COCCCS(=O)(=O)Cn1ccnc1N. The summed E-state index contributed by atoms with van der Waals surface area (Å²) in [6.07, 6.45) is 3.22. The van der Waals surface area contributed by atoms with E-state index in [2.05, 4.69) is 4.98 Å². The van der Waals surface area contributed by atoms with Gasteiger partial charge in [0.1, 0.15) is 11.9 Å². The molecule has 1 rings (SSSR count). The van der Waals surface area contributed by atoms with Crippen LogP contribution in [0.4, 0.5) is 5.95 Å². The summed E-state index contributed by atoms with van der Waals surface area (Å²) in [5.41, 5.74) is 15.8. The van der Waals surface area contributed by atoms with Crippen LogP contribution in [0.15, 0.2) is 12.4 Å². The standard InChI is InChI=1S/C10H19N5O4S/c11-8(9(12)16)6-19-4-1-5-20(17,18)7-15-3-2-14-10(15)13/h2-3,8H,1,4-7,11H2,(H2,12,16)(H2,13,14)/t8-/m0/s1. The quantitative estimate of drug-likeness (QED) is 0.448. The van der Waals surface area contributed by atoms with Crippen molar-refractivity contribution in [2.75, 3.05) is 24.7 Å². The van der Waals surface area contributed by atoms with Crippen LogP contribution in [0.3, 0.4) is 0 Å². The molecule has 0 spiro atoms. The minimum absolute atomic E-state index is 0.0240. The molecule has 1 amide bonds. The summed E-state index contributed by atoms with van der Waals surface area (Å²) in [6, 6.07) is -0.877. The van der Waals surface area contributed by atoms with Crippen LogP contribution in [0, 0.1) is 0 Å². The molecular weight excluding hydrogens is 286 g/mol. The van der Waals surface area contributed by atoms with Crippen molar-refractivity contribution in [2.45, 2.75) is 18.3 Å². The zero-order chi connectivity index (χ0) is 15.2. The fourth-order valence-electron chi connectivity index (χ4n) is 1.40. The first-order valence-corrected chi connectivity index (χ1v) is 7.73. The molecule has 9 nitrogen and oxygen atoms in total. The van der Waals surface area contributed by atoms with Gasteiger partial charge in [-0.2, -0.15) is 0 Å². The maximum Gasteiger partial charge on any atom is 0.236 e. The van der Waals surface area contributed by atoms with E-state index in [9.17, 15) is 13.2 Å². The van der Waals surface area contributed by atoms with Crippen LogP contribution in [0.2, 0.25) is 0 Å². The third kappa shape index (κ3) is 5.55. The molecule has 1 atom stereocenters. The predicted molar refractivity (Wildman–Crippen MR) is 73.0 cm³/mol. The number of ether oxygens (including phenoxy) is 1. The highest BCUT2D eigenvalue weighted by atomic mass is 32.2. The van der Waals surface area contributed by atoms with Gasteiger partial charge in [0.25, 0.3) is 0 Å². The zero-order valence-corrected chi connectivity index (χ0v) is 11.8. The lowest BCUT2D eigenvalue weighted by molar-refractivity contribution is -0.120. The molecule has 6 N–H and O–H groups in total. The molecule has 0 unspecified atom stereocenters. The average molecular weight is 305 g/mol. The Morgan fingerprint density at radius 2 is 2.20 bits per heavy atom. The van der Waals surface area contributed by atoms with Crippen molar-refractivity contribution in [1.29, 1.82) is 0 Å². The van der Waals surface area contributed by atoms with Gasteiger partial charge in [0.2, 0.25) is 11.9 Å². The third-order valence-electron chi connectivity index (χ3n) is 2.49. The molecule has 0 radical (unpaired) electrons. The third-order valence-corrected chi connectivity index (χ3v) is 4.07. The van der Waals surface area contributed by atoms with Crippen molar-refractivity contribution in [3.8, 4) is 0 Å². The van der Waals surface area contributed by atoms with E-state index in [1.54, 1.807) is 0 Å². The summed E-state index contributed by atoms with van der Waals surface area (Å²) >= 11 is 0. The van der Waals surface area contributed by atoms with Crippen molar-refractivity contribution < 1.29 is 17.9 Å². The van der Waals surface area contributed by atoms with Gasteiger partial charge in [-0.05, 0) is 6.42 Å². The molecule has 114 valence electrons. The van der Waals surface area contributed by atoms with Crippen LogP contribution in [-0.4, -0.2) is 48.9 Å². The van der Waals surface area contributed by atoms with Crippen molar-refractivity contribution in [3.63, 3.8) is 0 Å². The Kier molecular flexibility index (Phi) is 5.92. The van der Waals surface area contributed by atoms with Crippen molar-refractivity contribution in [1.82, 2.24) is 9.55 Å². The van der Waals surface area contributed by atoms with Gasteiger partial charge >= 0.3 is 0 Å². The maximum absolute atomic E-state index is 11.8. The molecule has 0 fully saturated rings. The normalized spacial score (nSPS) is 13.2. The number of nitrogens with zero attached hydrogens (tertiary/aromatic N) is 2. The van der Waals surface area contributed by atoms with Crippen LogP contribution in [0.1, 0.15) is 6.42 Å². The van der Waals surface area contributed by atoms with Gasteiger partial charge in [-0.25, -0.2) is 13.4 Å². The molecule has 0 bridgehead atoms. The number of nitrogen functional groups attached to an aromatic ring is 1. The fraction of sp³-hybridized carbons (Fsp3) is 0.600. The number of carbonyl (C=O) groups is 1. The van der Waals surface area contributed by atoms with Crippen molar-refractivity contribution in [2.24, 2.45) is 11.5 Å². The van der Waals surface area contributed by atoms with E-state index in [-0.39, 0.29) is 30.8 Å². The molecule has 20 heavy (non-hydrogen) atoms. The predicted octanol–water partition coefficient (Wildman–Crippen LogP) is -1.94. The Hall–Kier alpha value is -1.65. The van der Waals surface area contributed by atoms with Gasteiger partial charge in [0, 0.05) is 19.0 Å². The lowest BCUT2D eigenvalue weighted by Crippen LogP contribution is -2.40. The van der Waals surface area contributed by atoms with Crippen molar-refractivity contribution in [3.05, 3.63) is 12.4 Å². The first-order valence-electron chi connectivity index (χ1n) is 5.91. The summed E-state index contributed by atoms with van der Waals surface area (Å²) in [7, 11) is -3.30. The number of anilines is 1. The molecule has 0 aliphatic carbocycles. The highest BCUT2D eigenvalue weighted by Gasteiger charge is 2.14. The van der Waals surface area contributed by atoms with Crippen LogP contribution >= 0.6 is 0 Å².